The number of amides is 2. The number of anilines is 1. The fraction of sp³-hybridized carbons (Fsp3) is 0.278. The lowest BCUT2D eigenvalue weighted by atomic mass is 10.1. The van der Waals surface area contributed by atoms with Gasteiger partial charge in [0.05, 0.1) is 6.10 Å². The summed E-state index contributed by atoms with van der Waals surface area (Å²) < 4.78 is 0. The predicted molar refractivity (Wildman–Crippen MR) is 89.1 cm³/mol. The van der Waals surface area contributed by atoms with E-state index in [1.807, 2.05) is 63.2 Å². The topological polar surface area (TPSA) is 61.4 Å². The molecule has 116 valence electrons. The number of benzene rings is 2. The van der Waals surface area contributed by atoms with Gasteiger partial charge in [-0.2, -0.15) is 0 Å². The Labute approximate surface area is 131 Å². The highest BCUT2D eigenvalue weighted by molar-refractivity contribution is 5.90. The van der Waals surface area contributed by atoms with E-state index in [1.165, 1.54) is 0 Å². The van der Waals surface area contributed by atoms with Gasteiger partial charge in [0.25, 0.3) is 0 Å². The van der Waals surface area contributed by atoms with Gasteiger partial charge in [-0.05, 0) is 37.5 Å². The molecule has 0 unspecified atom stereocenters. The molecular weight excluding hydrogens is 276 g/mol. The van der Waals surface area contributed by atoms with E-state index < -0.39 is 6.10 Å². The third-order valence-electron chi connectivity index (χ3n) is 3.64. The van der Waals surface area contributed by atoms with Crippen LogP contribution in [0.25, 0.3) is 0 Å². The van der Waals surface area contributed by atoms with Crippen molar-refractivity contribution in [3.63, 3.8) is 0 Å². The molecule has 0 heterocycles. The number of rotatable bonds is 4. The van der Waals surface area contributed by atoms with Crippen LogP contribution in [0.5, 0.6) is 0 Å². The number of aryl methyl sites for hydroxylation is 3. The van der Waals surface area contributed by atoms with E-state index in [9.17, 15) is 9.90 Å². The van der Waals surface area contributed by atoms with Gasteiger partial charge in [0.1, 0.15) is 0 Å². The van der Waals surface area contributed by atoms with Crippen molar-refractivity contribution in [1.82, 2.24) is 5.32 Å². The highest BCUT2D eigenvalue weighted by Crippen LogP contribution is 2.19. The molecule has 0 aliphatic heterocycles. The molecule has 2 aromatic rings. The number of urea groups is 1. The molecule has 2 amide bonds. The van der Waals surface area contributed by atoms with Crippen molar-refractivity contribution in [3.8, 4) is 0 Å². The van der Waals surface area contributed by atoms with Crippen LogP contribution >= 0.6 is 0 Å². The second-order valence-corrected chi connectivity index (χ2v) is 5.53. The maximum atomic E-state index is 12.0. The number of carbonyl (C=O) groups excluding carboxylic acids is 1. The molecule has 0 radical (unpaired) electrons. The van der Waals surface area contributed by atoms with Crippen molar-refractivity contribution < 1.29 is 9.90 Å². The zero-order valence-electron chi connectivity index (χ0n) is 13.2. The van der Waals surface area contributed by atoms with Crippen molar-refractivity contribution >= 4 is 11.7 Å². The van der Waals surface area contributed by atoms with Gasteiger partial charge >= 0.3 is 6.03 Å². The molecule has 0 aromatic heterocycles. The molecule has 0 aliphatic rings. The normalized spacial score (nSPS) is 11.8. The molecule has 3 N–H and O–H groups in total. The van der Waals surface area contributed by atoms with Crippen LogP contribution in [0, 0.1) is 20.8 Å². The largest absolute Gasteiger partial charge is 0.387 e. The summed E-state index contributed by atoms with van der Waals surface area (Å²) in [5.74, 6) is 0. The van der Waals surface area contributed by atoms with Crippen molar-refractivity contribution in [2.75, 3.05) is 11.9 Å². The third kappa shape index (κ3) is 4.09. The average Bonchev–Trinajstić information content (AvgIpc) is 2.49. The van der Waals surface area contributed by atoms with Gasteiger partial charge < -0.3 is 15.7 Å². The van der Waals surface area contributed by atoms with E-state index in [0.29, 0.717) is 0 Å². The monoisotopic (exact) mass is 298 g/mol. The minimum atomic E-state index is -0.718. The Hall–Kier alpha value is -2.33. The summed E-state index contributed by atoms with van der Waals surface area (Å²) in [6, 6.07) is 13.1. The first-order valence-corrected chi connectivity index (χ1v) is 7.33. The Kier molecular flexibility index (Phi) is 5.17. The molecular formula is C18H22N2O2. The summed E-state index contributed by atoms with van der Waals surface area (Å²) in [7, 11) is 0. The zero-order chi connectivity index (χ0) is 16.1. The van der Waals surface area contributed by atoms with Crippen LogP contribution in [0.2, 0.25) is 0 Å². The molecule has 2 aromatic carbocycles. The Bertz CT molecular complexity index is 630. The van der Waals surface area contributed by atoms with Gasteiger partial charge in [-0.15, -0.1) is 0 Å². The zero-order valence-corrected chi connectivity index (χ0v) is 13.2. The molecule has 2 rings (SSSR count). The second kappa shape index (κ2) is 7.09. The lowest BCUT2D eigenvalue weighted by molar-refractivity contribution is 0.175. The average molecular weight is 298 g/mol. The summed E-state index contributed by atoms with van der Waals surface area (Å²) >= 11 is 0. The van der Waals surface area contributed by atoms with Crippen LogP contribution in [0.15, 0.2) is 42.5 Å². The molecule has 1 atom stereocenters. The summed E-state index contributed by atoms with van der Waals surface area (Å²) in [5, 5.41) is 15.6. The predicted octanol–water partition coefficient (Wildman–Crippen LogP) is 3.47. The summed E-state index contributed by atoms with van der Waals surface area (Å²) in [6.07, 6.45) is -0.718. The number of hydrogen-bond acceptors (Lipinski definition) is 2. The number of hydrogen-bond donors (Lipinski definition) is 3. The van der Waals surface area contributed by atoms with Crippen LogP contribution in [0.1, 0.15) is 28.4 Å². The van der Waals surface area contributed by atoms with Crippen LogP contribution in [0.4, 0.5) is 10.5 Å². The standard InChI is InChI=1S/C18H22N2O2/c1-12-7-9-15(10-8-12)16(21)11-19-18(22)20-17-13(2)5-4-6-14(17)3/h4-10,16,21H,11H2,1-3H3,(H2,19,20,22)/t16-/m1/s1. The quantitative estimate of drug-likeness (QED) is 0.809. The summed E-state index contributed by atoms with van der Waals surface area (Å²) in [6.45, 7) is 6.06. The minimum absolute atomic E-state index is 0.166. The molecule has 4 nitrogen and oxygen atoms in total. The van der Waals surface area contributed by atoms with E-state index in [0.717, 1.165) is 27.9 Å². The fourth-order valence-electron chi connectivity index (χ4n) is 2.27. The number of aliphatic hydroxyl groups excluding tert-OH is 1. The maximum absolute atomic E-state index is 12.0. The van der Waals surface area contributed by atoms with E-state index in [2.05, 4.69) is 10.6 Å². The van der Waals surface area contributed by atoms with Gasteiger partial charge in [0, 0.05) is 12.2 Å². The highest BCUT2D eigenvalue weighted by atomic mass is 16.3. The molecule has 4 heteroatoms. The lowest BCUT2D eigenvalue weighted by Crippen LogP contribution is -2.32. The van der Waals surface area contributed by atoms with Crippen molar-refractivity contribution in [3.05, 3.63) is 64.7 Å². The molecule has 0 bridgehead atoms. The first kappa shape index (κ1) is 16.0. The number of para-hydroxylation sites is 1. The van der Waals surface area contributed by atoms with E-state index in [-0.39, 0.29) is 12.6 Å². The van der Waals surface area contributed by atoms with Crippen LogP contribution in [-0.2, 0) is 0 Å². The Morgan fingerprint density at radius 1 is 1.05 bits per heavy atom. The summed E-state index contributed by atoms with van der Waals surface area (Å²) in [5.41, 5.74) is 4.75. The van der Waals surface area contributed by atoms with Gasteiger partial charge in [0.2, 0.25) is 0 Å². The fourth-order valence-corrected chi connectivity index (χ4v) is 2.27. The van der Waals surface area contributed by atoms with Gasteiger partial charge in [-0.1, -0.05) is 48.0 Å². The molecule has 0 spiro atoms. The minimum Gasteiger partial charge on any atom is -0.387 e. The van der Waals surface area contributed by atoms with Gasteiger partial charge in [-0.25, -0.2) is 4.79 Å². The molecule has 0 aliphatic carbocycles. The Morgan fingerprint density at radius 3 is 2.23 bits per heavy atom. The van der Waals surface area contributed by atoms with Crippen LogP contribution < -0.4 is 10.6 Å². The molecule has 0 fully saturated rings. The maximum Gasteiger partial charge on any atom is 0.319 e. The van der Waals surface area contributed by atoms with E-state index in [1.54, 1.807) is 0 Å². The molecule has 0 saturated carbocycles. The smallest absolute Gasteiger partial charge is 0.319 e. The first-order valence-electron chi connectivity index (χ1n) is 7.33. The first-order chi connectivity index (χ1) is 10.5. The second-order valence-electron chi connectivity index (χ2n) is 5.53. The van der Waals surface area contributed by atoms with Crippen molar-refractivity contribution in [1.29, 1.82) is 0 Å². The molecule has 0 saturated heterocycles. The van der Waals surface area contributed by atoms with E-state index >= 15 is 0 Å². The number of nitrogens with one attached hydrogen (secondary N) is 2. The summed E-state index contributed by atoms with van der Waals surface area (Å²) in [4.78, 5) is 12.0. The number of carbonyl (C=O) groups is 1. The van der Waals surface area contributed by atoms with Gasteiger partial charge in [-0.3, -0.25) is 0 Å². The lowest BCUT2D eigenvalue weighted by Gasteiger charge is -2.15. The number of aliphatic hydroxyl groups is 1. The van der Waals surface area contributed by atoms with Crippen LogP contribution in [0.3, 0.4) is 0 Å². The van der Waals surface area contributed by atoms with Crippen LogP contribution in [-0.4, -0.2) is 17.7 Å². The van der Waals surface area contributed by atoms with Gasteiger partial charge in [0.15, 0.2) is 0 Å². The van der Waals surface area contributed by atoms with E-state index in [4.69, 9.17) is 0 Å². The third-order valence-corrected chi connectivity index (χ3v) is 3.64. The Balaban J connectivity index is 1.91. The van der Waals surface area contributed by atoms with Crippen molar-refractivity contribution in [2.24, 2.45) is 0 Å². The SMILES string of the molecule is Cc1ccc([C@H](O)CNC(=O)Nc2c(C)cccc2C)cc1. The highest BCUT2D eigenvalue weighted by Gasteiger charge is 2.11. The van der Waals surface area contributed by atoms with Crippen molar-refractivity contribution in [2.45, 2.75) is 26.9 Å². The Morgan fingerprint density at radius 2 is 1.64 bits per heavy atom. The molecule has 22 heavy (non-hydrogen) atoms.